The molecule has 0 fully saturated rings. The van der Waals surface area contributed by atoms with E-state index < -0.39 is 0 Å². The van der Waals surface area contributed by atoms with Crippen molar-refractivity contribution >= 4 is 19.8 Å². The maximum absolute atomic E-state index is 3.49. The van der Waals surface area contributed by atoms with Gasteiger partial charge in [0, 0.05) is 19.8 Å². The number of rotatable bonds is 1. The van der Waals surface area contributed by atoms with Gasteiger partial charge in [-0.2, -0.15) is 0 Å². The van der Waals surface area contributed by atoms with Crippen LogP contribution in [-0.4, -0.2) is 19.8 Å². The van der Waals surface area contributed by atoms with E-state index in [0.29, 0.717) is 0 Å². The Morgan fingerprint density at radius 3 is 1.43 bits per heavy atom. The maximum Gasteiger partial charge on any atom is 0 e. The van der Waals surface area contributed by atoms with Gasteiger partial charge in [0.05, 0.1) is 0 Å². The molecule has 0 aromatic rings. The Hall–Kier alpha value is 0.956. The van der Waals surface area contributed by atoms with Crippen molar-refractivity contribution < 1.29 is 24.8 Å². The molecule has 0 aliphatic heterocycles. The molecule has 0 rings (SSSR count). The van der Waals surface area contributed by atoms with Crippen LogP contribution in [0.3, 0.4) is 0 Å². The molecule has 42 valence electrons. The third kappa shape index (κ3) is 44.6. The molecular weight excluding hydrogens is 189 g/mol. The summed E-state index contributed by atoms with van der Waals surface area (Å²) in [7, 11) is 0. The minimum absolute atomic E-state index is 0. The van der Waals surface area contributed by atoms with Crippen molar-refractivity contribution in [2.24, 2.45) is 0 Å². The van der Waals surface area contributed by atoms with Crippen LogP contribution in [0.1, 0.15) is 6.42 Å². The van der Waals surface area contributed by atoms with Gasteiger partial charge in [0.1, 0.15) is 0 Å². The van der Waals surface area contributed by atoms with E-state index in [2.05, 4.69) is 13.5 Å². The van der Waals surface area contributed by atoms with Crippen LogP contribution in [0, 0.1) is 6.92 Å². The topological polar surface area (TPSA) is 0 Å². The summed E-state index contributed by atoms with van der Waals surface area (Å²) in [4.78, 5) is 0. The van der Waals surface area contributed by atoms with E-state index in [0.717, 1.165) is 6.42 Å². The van der Waals surface area contributed by atoms with Crippen LogP contribution < -0.4 is 24.8 Å². The summed E-state index contributed by atoms with van der Waals surface area (Å²) in [6, 6.07) is 0. The summed E-state index contributed by atoms with van der Waals surface area (Å²) in [5, 5.41) is 0. The zero-order valence-electron chi connectivity index (χ0n) is 4.03. The van der Waals surface area contributed by atoms with Crippen molar-refractivity contribution in [3.05, 3.63) is 19.6 Å². The first kappa shape index (κ1) is 24.6. The standard InChI is InChI=1S/C4H7.2ClH.Ga/c1-3-4-2;;;/h3H,1-2,4H2;2*1H;/p-2. The van der Waals surface area contributed by atoms with Crippen LogP contribution in [-0.2, 0) is 0 Å². The molecule has 0 bridgehead atoms. The summed E-state index contributed by atoms with van der Waals surface area (Å²) in [5.41, 5.74) is 0. The predicted molar refractivity (Wildman–Crippen MR) is 25.9 cm³/mol. The van der Waals surface area contributed by atoms with Crippen molar-refractivity contribution in [1.82, 2.24) is 0 Å². The fourth-order valence-electron chi connectivity index (χ4n) is 0. The first-order chi connectivity index (χ1) is 1.91. The second-order valence-corrected chi connectivity index (χ2v) is 0.577. The van der Waals surface area contributed by atoms with Gasteiger partial charge in [0.25, 0.3) is 0 Å². The molecule has 4 radical (unpaired) electrons. The van der Waals surface area contributed by atoms with Gasteiger partial charge in [-0.05, 0) is 13.3 Å². The Bertz CT molecular complexity index is 23.7. The largest absolute Gasteiger partial charge is 1.00 e. The van der Waals surface area contributed by atoms with Crippen LogP contribution in [0.4, 0.5) is 0 Å². The second kappa shape index (κ2) is 28.2. The Morgan fingerprint density at radius 1 is 1.29 bits per heavy atom. The van der Waals surface area contributed by atoms with Crippen molar-refractivity contribution in [3.63, 3.8) is 0 Å². The van der Waals surface area contributed by atoms with E-state index in [4.69, 9.17) is 0 Å². The average Bonchev–Trinajstić information content (AvgIpc) is 1.37. The van der Waals surface area contributed by atoms with Gasteiger partial charge < -0.3 is 24.8 Å². The Morgan fingerprint density at radius 2 is 1.43 bits per heavy atom. The van der Waals surface area contributed by atoms with E-state index in [1.165, 1.54) is 0 Å². The molecule has 3 heteroatoms. The summed E-state index contributed by atoms with van der Waals surface area (Å²) in [6.07, 6.45) is 2.60. The van der Waals surface area contributed by atoms with Gasteiger partial charge in [-0.1, -0.05) is 6.08 Å². The molecule has 0 saturated heterocycles. The minimum Gasteiger partial charge on any atom is -1.00 e. The number of allylic oxidation sites excluding steroid dienone is 1. The number of halogens is 2. The molecule has 0 spiro atoms. The van der Waals surface area contributed by atoms with Gasteiger partial charge >= 0.3 is 0 Å². The third-order valence-corrected chi connectivity index (χ3v) is 0.204. The molecule has 0 aromatic carbocycles. The molecule has 0 aliphatic carbocycles. The molecule has 0 amide bonds. The zero-order chi connectivity index (χ0) is 3.41. The fraction of sp³-hybridized carbons (Fsp3) is 0.250. The first-order valence-corrected chi connectivity index (χ1v) is 1.32. The van der Waals surface area contributed by atoms with Crippen LogP contribution in [0.25, 0.3) is 0 Å². The Balaban J connectivity index is -0.0000000150. The van der Waals surface area contributed by atoms with Gasteiger partial charge in [-0.15, -0.1) is 6.58 Å². The molecule has 0 atom stereocenters. The molecule has 0 aromatic heterocycles. The van der Waals surface area contributed by atoms with E-state index >= 15 is 0 Å². The first-order valence-electron chi connectivity index (χ1n) is 1.32. The summed E-state index contributed by atoms with van der Waals surface area (Å²) in [5.74, 6) is 0. The smallest absolute Gasteiger partial charge is 0 e. The maximum atomic E-state index is 3.49. The van der Waals surface area contributed by atoms with E-state index in [1.807, 2.05) is 0 Å². The van der Waals surface area contributed by atoms with Crippen molar-refractivity contribution in [3.8, 4) is 0 Å². The summed E-state index contributed by atoms with van der Waals surface area (Å²) in [6.45, 7) is 6.90. The molecule has 0 heterocycles. The number of hydrogen-bond acceptors (Lipinski definition) is 0. The van der Waals surface area contributed by atoms with Gasteiger partial charge in [0.2, 0.25) is 0 Å². The minimum atomic E-state index is 0. The summed E-state index contributed by atoms with van der Waals surface area (Å²) >= 11 is 0. The Labute approximate surface area is 70.6 Å². The monoisotopic (exact) mass is 194 g/mol. The van der Waals surface area contributed by atoms with Crippen LogP contribution in [0.2, 0.25) is 0 Å². The zero-order valence-corrected chi connectivity index (χ0v) is 7.97. The SMILES string of the molecule is [CH2]CC=C.[Cl-].[Cl-].[Ga]. The average molecular weight is 196 g/mol. The van der Waals surface area contributed by atoms with Crippen molar-refractivity contribution in [2.45, 2.75) is 6.42 Å². The molecule has 0 aliphatic rings. The normalized spacial score (nSPS) is 3.57. The van der Waals surface area contributed by atoms with Crippen molar-refractivity contribution in [1.29, 1.82) is 0 Å². The number of hydrogen-bond donors (Lipinski definition) is 0. The van der Waals surface area contributed by atoms with E-state index in [1.54, 1.807) is 6.08 Å². The fourth-order valence-corrected chi connectivity index (χ4v) is 0. The third-order valence-electron chi connectivity index (χ3n) is 0.204. The van der Waals surface area contributed by atoms with Crippen LogP contribution in [0.5, 0.6) is 0 Å². The van der Waals surface area contributed by atoms with Crippen LogP contribution >= 0.6 is 0 Å². The molecule has 7 heavy (non-hydrogen) atoms. The predicted octanol–water partition coefficient (Wildman–Crippen LogP) is -4.98. The molecule has 0 unspecified atom stereocenters. The van der Waals surface area contributed by atoms with Gasteiger partial charge in [-0.25, -0.2) is 0 Å². The molecule has 0 N–H and O–H groups in total. The van der Waals surface area contributed by atoms with E-state index in [9.17, 15) is 0 Å². The molecule has 0 saturated carbocycles. The van der Waals surface area contributed by atoms with Crippen molar-refractivity contribution in [2.75, 3.05) is 0 Å². The Kier molecular flexibility index (Phi) is 99.2. The molecule has 0 nitrogen and oxygen atoms in total. The quantitative estimate of drug-likeness (QED) is 0.291. The second-order valence-electron chi connectivity index (χ2n) is 0.577. The van der Waals surface area contributed by atoms with Gasteiger partial charge in [-0.3, -0.25) is 0 Å². The van der Waals surface area contributed by atoms with E-state index in [-0.39, 0.29) is 44.6 Å². The van der Waals surface area contributed by atoms with Crippen LogP contribution in [0.15, 0.2) is 12.7 Å². The summed E-state index contributed by atoms with van der Waals surface area (Å²) < 4.78 is 0. The molecular formula is C4H7Cl2Ga-2. The van der Waals surface area contributed by atoms with Gasteiger partial charge in [0.15, 0.2) is 0 Å².